The van der Waals surface area contributed by atoms with Gasteiger partial charge in [0.1, 0.15) is 11.5 Å². The molecule has 0 amide bonds. The molecule has 0 saturated carbocycles. The van der Waals surface area contributed by atoms with E-state index in [0.717, 1.165) is 30.1 Å². The summed E-state index contributed by atoms with van der Waals surface area (Å²) in [5, 5.41) is 10.6. The van der Waals surface area contributed by atoms with E-state index in [1.807, 2.05) is 30.3 Å². The molecule has 140 valence electrons. The maximum Gasteiger partial charge on any atom is 0.189 e. The Hall–Kier alpha value is -2.60. The lowest BCUT2D eigenvalue weighted by atomic mass is 9.77. The number of methoxy groups -OCH3 is 2. The Morgan fingerprint density at radius 3 is 2.48 bits per heavy atom. The highest BCUT2D eigenvalue weighted by Gasteiger charge is 2.42. The van der Waals surface area contributed by atoms with Gasteiger partial charge in [-0.15, -0.1) is 0 Å². The monoisotopic (exact) mass is 381 g/mol. The van der Waals surface area contributed by atoms with E-state index in [9.17, 15) is 0 Å². The zero-order valence-electron chi connectivity index (χ0n) is 15.7. The minimum Gasteiger partial charge on any atom is -0.497 e. The van der Waals surface area contributed by atoms with Crippen LogP contribution in [0.5, 0.6) is 11.5 Å². The fraction of sp³-hybridized carbons (Fsp3) is 0.333. The first-order valence-electron chi connectivity index (χ1n) is 9.07. The van der Waals surface area contributed by atoms with Gasteiger partial charge in [0.25, 0.3) is 0 Å². The predicted octanol–water partition coefficient (Wildman–Crippen LogP) is 3.53. The maximum absolute atomic E-state index is 5.57. The van der Waals surface area contributed by atoms with E-state index in [2.05, 4.69) is 29.6 Å². The second kappa shape index (κ2) is 7.19. The van der Waals surface area contributed by atoms with E-state index in [1.165, 1.54) is 16.7 Å². The molecular formula is C21H23N3O2S. The van der Waals surface area contributed by atoms with Crippen LogP contribution in [0.3, 0.4) is 0 Å². The quantitative estimate of drug-likeness (QED) is 0.824. The molecule has 2 atom stereocenters. The van der Waals surface area contributed by atoms with Gasteiger partial charge >= 0.3 is 0 Å². The summed E-state index contributed by atoms with van der Waals surface area (Å²) < 4.78 is 10.8. The normalized spacial score (nSPS) is 20.4. The van der Waals surface area contributed by atoms with Crippen molar-refractivity contribution in [3.8, 4) is 11.5 Å². The fourth-order valence-electron chi connectivity index (χ4n) is 4.03. The molecule has 0 unspecified atom stereocenters. The summed E-state index contributed by atoms with van der Waals surface area (Å²) in [5.74, 6) is 1.98. The van der Waals surface area contributed by atoms with E-state index in [1.54, 1.807) is 14.2 Å². The molecule has 2 aromatic carbocycles. The Labute approximate surface area is 165 Å². The Kier molecular flexibility index (Phi) is 4.74. The Morgan fingerprint density at radius 1 is 1.11 bits per heavy atom. The third kappa shape index (κ3) is 3.04. The number of rotatable bonds is 3. The number of hydrazone groups is 1. The number of aryl methyl sites for hydroxylation is 1. The van der Waals surface area contributed by atoms with Gasteiger partial charge < -0.3 is 14.8 Å². The van der Waals surface area contributed by atoms with E-state index >= 15 is 0 Å². The lowest BCUT2D eigenvalue weighted by Crippen LogP contribution is -2.37. The Morgan fingerprint density at radius 2 is 1.81 bits per heavy atom. The molecule has 2 aliphatic rings. The average Bonchev–Trinajstić information content (AvgIpc) is 3.12. The molecule has 0 spiro atoms. The van der Waals surface area contributed by atoms with E-state index in [4.69, 9.17) is 26.8 Å². The summed E-state index contributed by atoms with van der Waals surface area (Å²) in [6.45, 7) is 0. The van der Waals surface area contributed by atoms with Crippen LogP contribution in [-0.2, 0) is 6.42 Å². The number of nitrogens with zero attached hydrogens (tertiary/aromatic N) is 2. The summed E-state index contributed by atoms with van der Waals surface area (Å²) in [7, 11) is 5.22. The largest absolute Gasteiger partial charge is 0.497 e. The number of thiocarbonyl (C=S) groups is 1. The summed E-state index contributed by atoms with van der Waals surface area (Å²) in [5.41, 5.74) is 4.76. The van der Waals surface area contributed by atoms with Gasteiger partial charge in [0, 0.05) is 18.5 Å². The van der Waals surface area contributed by atoms with Crippen molar-refractivity contribution in [3.05, 3.63) is 59.2 Å². The van der Waals surface area contributed by atoms with E-state index in [-0.39, 0.29) is 12.0 Å². The third-order valence-electron chi connectivity index (χ3n) is 5.41. The van der Waals surface area contributed by atoms with Gasteiger partial charge in [-0.3, -0.25) is 0 Å². The highest BCUT2D eigenvalue weighted by molar-refractivity contribution is 7.80. The van der Waals surface area contributed by atoms with Gasteiger partial charge in [-0.25, -0.2) is 5.01 Å². The van der Waals surface area contributed by atoms with Gasteiger partial charge in [0.2, 0.25) is 0 Å². The second-order valence-corrected chi connectivity index (χ2v) is 7.16. The van der Waals surface area contributed by atoms with Crippen molar-refractivity contribution in [2.24, 2.45) is 11.0 Å². The van der Waals surface area contributed by atoms with Crippen molar-refractivity contribution in [2.45, 2.75) is 18.9 Å². The summed E-state index contributed by atoms with van der Waals surface area (Å²) in [4.78, 5) is 0. The van der Waals surface area contributed by atoms with Crippen LogP contribution in [0, 0.1) is 5.92 Å². The van der Waals surface area contributed by atoms with Crippen LogP contribution in [0.2, 0.25) is 0 Å². The van der Waals surface area contributed by atoms with Crippen molar-refractivity contribution < 1.29 is 9.47 Å². The first kappa shape index (κ1) is 17.8. The second-order valence-electron chi connectivity index (χ2n) is 6.77. The molecule has 0 saturated heterocycles. The van der Waals surface area contributed by atoms with Crippen molar-refractivity contribution in [1.82, 2.24) is 10.3 Å². The molecule has 0 radical (unpaired) electrons. The highest BCUT2D eigenvalue weighted by atomic mass is 32.1. The van der Waals surface area contributed by atoms with Crippen molar-refractivity contribution in [2.75, 3.05) is 21.3 Å². The van der Waals surface area contributed by atoms with Crippen molar-refractivity contribution >= 4 is 23.0 Å². The van der Waals surface area contributed by atoms with Crippen LogP contribution in [0.1, 0.15) is 29.2 Å². The number of hydrogen-bond donors (Lipinski definition) is 1. The van der Waals surface area contributed by atoms with E-state index in [0.29, 0.717) is 5.11 Å². The molecule has 0 fully saturated rings. The first-order valence-corrected chi connectivity index (χ1v) is 9.47. The van der Waals surface area contributed by atoms with Crippen LogP contribution in [-0.4, -0.2) is 37.1 Å². The lowest BCUT2D eigenvalue weighted by molar-refractivity contribution is 0.304. The van der Waals surface area contributed by atoms with Gasteiger partial charge in [-0.2, -0.15) is 5.10 Å². The molecule has 5 nitrogen and oxygen atoms in total. The third-order valence-corrected chi connectivity index (χ3v) is 5.80. The lowest BCUT2D eigenvalue weighted by Gasteiger charge is -2.30. The van der Waals surface area contributed by atoms with Crippen LogP contribution >= 0.6 is 12.2 Å². The predicted molar refractivity (Wildman–Crippen MR) is 111 cm³/mol. The number of hydrogen-bond acceptors (Lipinski definition) is 4. The minimum absolute atomic E-state index is 0.0743. The zero-order valence-corrected chi connectivity index (χ0v) is 16.5. The van der Waals surface area contributed by atoms with E-state index < -0.39 is 0 Å². The molecule has 0 aromatic heterocycles. The molecule has 6 heteroatoms. The zero-order chi connectivity index (χ0) is 19.0. The van der Waals surface area contributed by atoms with Crippen LogP contribution in [0.4, 0.5) is 0 Å². The van der Waals surface area contributed by atoms with Gasteiger partial charge in [-0.1, -0.05) is 18.2 Å². The van der Waals surface area contributed by atoms with Crippen molar-refractivity contribution in [1.29, 1.82) is 0 Å². The average molecular weight is 382 g/mol. The first-order chi connectivity index (χ1) is 13.2. The molecule has 27 heavy (non-hydrogen) atoms. The van der Waals surface area contributed by atoms with Crippen LogP contribution < -0.4 is 14.8 Å². The molecule has 2 aromatic rings. The molecule has 1 aliphatic heterocycles. The van der Waals surface area contributed by atoms with Crippen LogP contribution in [0.25, 0.3) is 0 Å². The maximum atomic E-state index is 5.57. The minimum atomic E-state index is 0.0743. The number of benzene rings is 2. The molecular weight excluding hydrogens is 358 g/mol. The number of ether oxygens (including phenoxy) is 2. The molecule has 0 bridgehead atoms. The number of nitrogens with one attached hydrogen (secondary N) is 1. The molecule has 1 N–H and O–H groups in total. The van der Waals surface area contributed by atoms with Gasteiger partial charge in [-0.05, 0) is 60.5 Å². The van der Waals surface area contributed by atoms with Crippen LogP contribution in [0.15, 0.2) is 47.6 Å². The molecule has 4 rings (SSSR count). The number of fused-ring (bicyclic) bond motifs is 3. The summed E-state index contributed by atoms with van der Waals surface area (Å²) in [6.07, 6.45) is 2.06. The Bertz CT molecular complexity index is 895. The van der Waals surface area contributed by atoms with Crippen molar-refractivity contribution in [3.63, 3.8) is 0 Å². The molecule has 1 heterocycles. The SMILES string of the molecule is CNC(=S)N1N=C2c3cc(OC)ccc3CC[C@@H]2[C@@H]1c1ccc(OC)cc1. The summed E-state index contributed by atoms with van der Waals surface area (Å²) >= 11 is 5.57. The Balaban J connectivity index is 1.78. The standard InChI is InChI=1S/C21H23N3O2S/c1-22-21(27)24-20(14-5-8-15(25-2)9-6-14)17-11-7-13-4-10-16(26-3)12-18(13)19(17)23-24/h4-6,8-10,12,17,20H,7,11H2,1-3H3,(H,22,27)/t17-,20-/m0/s1. The summed E-state index contributed by atoms with van der Waals surface area (Å²) in [6, 6.07) is 14.5. The highest BCUT2D eigenvalue weighted by Crippen LogP contribution is 2.44. The molecule has 1 aliphatic carbocycles. The van der Waals surface area contributed by atoms with Gasteiger partial charge in [0.15, 0.2) is 5.11 Å². The fourth-order valence-corrected chi connectivity index (χ4v) is 4.19. The smallest absolute Gasteiger partial charge is 0.189 e. The van der Waals surface area contributed by atoms with Gasteiger partial charge in [0.05, 0.1) is 26.0 Å². The topological polar surface area (TPSA) is 46.1 Å².